The molecule has 0 spiro atoms. The second-order valence-corrected chi connectivity index (χ2v) is 4.43. The average molecular weight is 230 g/mol. The van der Waals surface area contributed by atoms with Gasteiger partial charge in [-0.15, -0.1) is 0 Å². The Morgan fingerprint density at radius 2 is 2.06 bits per heavy atom. The molecule has 1 fully saturated rings. The first-order valence-electron chi connectivity index (χ1n) is 5.60. The number of hydrogen-bond donors (Lipinski definition) is 1. The minimum Gasteiger partial charge on any atom is -0.386 e. The smallest absolute Gasteiger partial charge is 0.254 e. The summed E-state index contributed by atoms with van der Waals surface area (Å²) in [5.41, 5.74) is 0.389. The van der Waals surface area contributed by atoms with Crippen LogP contribution in [0.5, 0.6) is 0 Å². The number of β-amino-alcohol motifs (C(OH)–C–C–N with tert-alkyl or cyclic N) is 1. The topological polar surface area (TPSA) is 64.3 Å². The summed E-state index contributed by atoms with van der Waals surface area (Å²) in [6.07, 6.45) is 0.657. The van der Waals surface area contributed by atoms with Gasteiger partial charge < -0.3 is 10.0 Å². The lowest BCUT2D eigenvalue weighted by Crippen LogP contribution is -2.63. The van der Waals surface area contributed by atoms with Crippen molar-refractivity contribution in [3.63, 3.8) is 0 Å². The molecule has 1 N–H and O–H groups in total. The van der Waals surface area contributed by atoms with E-state index in [1.54, 1.807) is 29.2 Å². The molecule has 1 amide bonds. The van der Waals surface area contributed by atoms with Crippen LogP contribution in [0.2, 0.25) is 0 Å². The zero-order valence-corrected chi connectivity index (χ0v) is 9.68. The minimum atomic E-state index is -0.706. The van der Waals surface area contributed by atoms with Crippen molar-refractivity contribution in [2.45, 2.75) is 18.9 Å². The zero-order chi connectivity index (χ0) is 12.5. The van der Waals surface area contributed by atoms with E-state index in [-0.39, 0.29) is 5.91 Å². The molecule has 1 aromatic rings. The van der Waals surface area contributed by atoms with E-state index < -0.39 is 5.60 Å². The van der Waals surface area contributed by atoms with Crippen molar-refractivity contribution in [2.24, 2.45) is 0 Å². The summed E-state index contributed by atoms with van der Waals surface area (Å²) < 4.78 is 0. The Morgan fingerprint density at radius 1 is 1.47 bits per heavy atom. The van der Waals surface area contributed by atoms with Gasteiger partial charge in [0, 0.05) is 5.56 Å². The summed E-state index contributed by atoms with van der Waals surface area (Å²) >= 11 is 0. The normalized spacial score (nSPS) is 17.1. The lowest BCUT2D eigenvalue weighted by molar-refractivity contribution is -0.0826. The molecule has 1 aromatic carbocycles. The van der Waals surface area contributed by atoms with Crippen molar-refractivity contribution in [1.82, 2.24) is 4.90 Å². The number of benzene rings is 1. The summed E-state index contributed by atoms with van der Waals surface area (Å²) in [7, 11) is 0. The van der Waals surface area contributed by atoms with Gasteiger partial charge in [-0.25, -0.2) is 0 Å². The van der Waals surface area contributed by atoms with Crippen LogP contribution in [0.15, 0.2) is 24.3 Å². The molecule has 4 nitrogen and oxygen atoms in total. The Kier molecular flexibility index (Phi) is 2.86. The molecule has 1 saturated heterocycles. The number of nitrogens with zero attached hydrogens (tertiary/aromatic N) is 2. The van der Waals surface area contributed by atoms with Gasteiger partial charge in [0.25, 0.3) is 5.91 Å². The Morgan fingerprint density at radius 3 is 2.53 bits per heavy atom. The number of carbonyl (C=O) groups excluding carboxylic acids is 1. The van der Waals surface area contributed by atoms with Crippen molar-refractivity contribution in [1.29, 1.82) is 5.26 Å². The van der Waals surface area contributed by atoms with Gasteiger partial charge in [-0.2, -0.15) is 5.26 Å². The zero-order valence-electron chi connectivity index (χ0n) is 9.68. The number of likely N-dealkylation sites (tertiary alicyclic amines) is 1. The quantitative estimate of drug-likeness (QED) is 0.829. The highest BCUT2D eigenvalue weighted by atomic mass is 16.3. The van der Waals surface area contributed by atoms with Gasteiger partial charge in [-0.3, -0.25) is 4.79 Å². The first-order valence-corrected chi connectivity index (χ1v) is 5.60. The Hall–Kier alpha value is -1.86. The third-order valence-electron chi connectivity index (χ3n) is 3.18. The Bertz CT molecular complexity index is 467. The first kappa shape index (κ1) is 11.6. The molecule has 88 valence electrons. The summed E-state index contributed by atoms with van der Waals surface area (Å²) in [6.45, 7) is 2.69. The summed E-state index contributed by atoms with van der Waals surface area (Å²) in [5.74, 6) is -0.0902. The lowest BCUT2D eigenvalue weighted by atomic mass is 9.90. The molecular formula is C13H14N2O2. The first-order chi connectivity index (χ1) is 8.08. The Balaban J connectivity index is 2.04. The maximum Gasteiger partial charge on any atom is 0.254 e. The van der Waals surface area contributed by atoms with Crippen LogP contribution >= 0.6 is 0 Å². The van der Waals surface area contributed by atoms with Gasteiger partial charge in [-0.05, 0) is 30.7 Å². The van der Waals surface area contributed by atoms with Crippen LogP contribution in [0.25, 0.3) is 0 Å². The molecule has 0 atom stereocenters. The number of carbonyl (C=O) groups is 1. The van der Waals surface area contributed by atoms with Crippen molar-refractivity contribution in [3.05, 3.63) is 35.4 Å². The second-order valence-electron chi connectivity index (χ2n) is 4.43. The fourth-order valence-corrected chi connectivity index (χ4v) is 1.90. The van der Waals surface area contributed by atoms with E-state index in [4.69, 9.17) is 5.26 Å². The van der Waals surface area contributed by atoms with Gasteiger partial charge >= 0.3 is 0 Å². The van der Waals surface area contributed by atoms with Crippen LogP contribution in [0, 0.1) is 11.3 Å². The molecule has 1 aliphatic heterocycles. The maximum absolute atomic E-state index is 12.0. The predicted octanol–water partition coefficient (Wildman–Crippen LogP) is 1.16. The number of rotatable bonds is 2. The van der Waals surface area contributed by atoms with Crippen LogP contribution in [0.1, 0.15) is 29.3 Å². The van der Waals surface area contributed by atoms with Crippen molar-refractivity contribution < 1.29 is 9.90 Å². The molecule has 0 aromatic heterocycles. The average Bonchev–Trinajstić information content (AvgIpc) is 2.34. The van der Waals surface area contributed by atoms with E-state index in [0.717, 1.165) is 0 Å². The number of hydrogen-bond acceptors (Lipinski definition) is 3. The molecule has 17 heavy (non-hydrogen) atoms. The molecule has 2 rings (SSSR count). The fourth-order valence-electron chi connectivity index (χ4n) is 1.90. The molecule has 4 heteroatoms. The number of amides is 1. The SMILES string of the molecule is CCC1(O)CN(C(=O)c2ccc(C#N)cc2)C1. The van der Waals surface area contributed by atoms with E-state index in [1.165, 1.54) is 0 Å². The van der Waals surface area contributed by atoms with Crippen molar-refractivity contribution in [3.8, 4) is 6.07 Å². The van der Waals surface area contributed by atoms with E-state index in [2.05, 4.69) is 0 Å². The van der Waals surface area contributed by atoms with E-state index in [0.29, 0.717) is 30.6 Å². The molecule has 0 aliphatic carbocycles. The van der Waals surface area contributed by atoms with E-state index in [1.807, 2.05) is 13.0 Å². The highest BCUT2D eigenvalue weighted by Crippen LogP contribution is 2.25. The second kappa shape index (κ2) is 4.19. The molecule has 0 saturated carbocycles. The van der Waals surface area contributed by atoms with Crippen molar-refractivity contribution in [2.75, 3.05) is 13.1 Å². The highest BCUT2D eigenvalue weighted by Gasteiger charge is 2.42. The summed E-state index contributed by atoms with van der Waals surface area (Å²) in [5, 5.41) is 18.5. The predicted molar refractivity (Wildman–Crippen MR) is 62.3 cm³/mol. The molecule has 0 bridgehead atoms. The molecule has 1 heterocycles. The van der Waals surface area contributed by atoms with Gasteiger partial charge in [-0.1, -0.05) is 6.92 Å². The molecule has 0 unspecified atom stereocenters. The van der Waals surface area contributed by atoms with Gasteiger partial charge in [0.1, 0.15) is 0 Å². The van der Waals surface area contributed by atoms with E-state index >= 15 is 0 Å². The van der Waals surface area contributed by atoms with Gasteiger partial charge in [0.15, 0.2) is 0 Å². The van der Waals surface area contributed by atoms with Crippen LogP contribution in [-0.4, -0.2) is 34.6 Å². The number of nitriles is 1. The lowest BCUT2D eigenvalue weighted by Gasteiger charge is -2.46. The standard InChI is InChI=1S/C13H14N2O2/c1-2-13(17)8-15(9-13)12(16)11-5-3-10(7-14)4-6-11/h3-6,17H,2,8-9H2,1H3. The third kappa shape index (κ3) is 2.15. The summed E-state index contributed by atoms with van der Waals surface area (Å²) in [4.78, 5) is 13.6. The minimum absolute atomic E-state index is 0.0902. The monoisotopic (exact) mass is 230 g/mol. The molecule has 1 aliphatic rings. The maximum atomic E-state index is 12.0. The fraction of sp³-hybridized carbons (Fsp3) is 0.385. The van der Waals surface area contributed by atoms with Crippen LogP contribution in [-0.2, 0) is 0 Å². The van der Waals surface area contributed by atoms with E-state index in [9.17, 15) is 9.90 Å². The third-order valence-corrected chi connectivity index (χ3v) is 3.18. The molecule has 0 radical (unpaired) electrons. The highest BCUT2D eigenvalue weighted by molar-refractivity contribution is 5.95. The van der Waals surface area contributed by atoms with Gasteiger partial charge in [0.2, 0.25) is 0 Å². The van der Waals surface area contributed by atoms with Crippen LogP contribution in [0.3, 0.4) is 0 Å². The van der Waals surface area contributed by atoms with Crippen molar-refractivity contribution >= 4 is 5.91 Å². The van der Waals surface area contributed by atoms with Gasteiger partial charge in [0.05, 0.1) is 30.3 Å². The number of aliphatic hydroxyl groups is 1. The Labute approximate surface area is 100 Å². The summed E-state index contributed by atoms with van der Waals surface area (Å²) in [6, 6.07) is 8.54. The van der Waals surface area contributed by atoms with Crippen LogP contribution in [0.4, 0.5) is 0 Å². The molecular weight excluding hydrogens is 216 g/mol. The largest absolute Gasteiger partial charge is 0.386 e. The van der Waals surface area contributed by atoms with Crippen LogP contribution < -0.4 is 0 Å².